The highest BCUT2D eigenvalue weighted by atomic mass is 16.5. The Balaban J connectivity index is 1.69. The van der Waals surface area contributed by atoms with Crippen LogP contribution in [-0.4, -0.2) is 57.4 Å². The molecule has 4 rings (SSSR count). The van der Waals surface area contributed by atoms with Gasteiger partial charge in [-0.15, -0.1) is 0 Å². The van der Waals surface area contributed by atoms with E-state index < -0.39 is 0 Å². The maximum absolute atomic E-state index is 12.6. The molecule has 0 aromatic heterocycles. The van der Waals surface area contributed by atoms with Crippen LogP contribution in [0.5, 0.6) is 5.75 Å². The largest absolute Gasteiger partial charge is 0.504 e. The normalized spacial score (nSPS) is 33.0. The molecule has 0 bridgehead atoms. The monoisotopic (exact) mass is 414 g/mol. The van der Waals surface area contributed by atoms with Gasteiger partial charge in [-0.3, -0.25) is 4.90 Å². The van der Waals surface area contributed by atoms with Gasteiger partial charge >= 0.3 is 5.97 Å². The number of nitrogens with one attached hydrogen (secondary N) is 1. The number of carbonyl (C=O) groups is 1. The molecule has 1 aromatic carbocycles. The summed E-state index contributed by atoms with van der Waals surface area (Å²) in [5.41, 5.74) is 3.14. The average Bonchev–Trinajstić information content (AvgIpc) is 3.09. The zero-order valence-electron chi connectivity index (χ0n) is 18.7. The molecule has 6 heteroatoms. The van der Waals surface area contributed by atoms with Gasteiger partial charge in [-0.25, -0.2) is 4.79 Å². The Morgan fingerprint density at radius 1 is 1.33 bits per heavy atom. The van der Waals surface area contributed by atoms with Gasteiger partial charge in [0.1, 0.15) is 5.75 Å². The number of methoxy groups -OCH3 is 3. The second-order valence-corrected chi connectivity index (χ2v) is 9.05. The number of fused-ring (bicyclic) bond motifs is 5. The zero-order chi connectivity index (χ0) is 21.5. The van der Waals surface area contributed by atoms with Crippen LogP contribution < -0.4 is 10.1 Å². The third-order valence-corrected chi connectivity index (χ3v) is 7.71. The quantitative estimate of drug-likeness (QED) is 0.452. The molecule has 3 aliphatic rings. The molecular formula is C24H34N2O4. The van der Waals surface area contributed by atoms with Crippen molar-refractivity contribution in [3.8, 4) is 5.75 Å². The van der Waals surface area contributed by atoms with Crippen LogP contribution in [0.3, 0.4) is 0 Å². The van der Waals surface area contributed by atoms with Crippen molar-refractivity contribution in [2.45, 2.75) is 50.6 Å². The minimum absolute atomic E-state index is 0.00308. The Morgan fingerprint density at radius 2 is 2.13 bits per heavy atom. The third-order valence-electron chi connectivity index (χ3n) is 7.71. The Labute approximate surface area is 179 Å². The van der Waals surface area contributed by atoms with Gasteiger partial charge < -0.3 is 19.5 Å². The summed E-state index contributed by atoms with van der Waals surface area (Å²) in [4.78, 5) is 15.2. The van der Waals surface area contributed by atoms with Crippen LogP contribution in [0.15, 0.2) is 30.0 Å². The first-order chi connectivity index (χ1) is 14.5. The fraction of sp³-hybridized carbons (Fsp3) is 0.625. The van der Waals surface area contributed by atoms with Gasteiger partial charge in [0.2, 0.25) is 0 Å². The minimum Gasteiger partial charge on any atom is -0.504 e. The molecule has 6 nitrogen and oxygen atoms in total. The standard InChI is InChI=1S/C24H34N2O4/c1-6-15-13-26-11-10-24(2)21-18(8-7-9-20(21)29-4)25-22(24)19(26)12-16(15)17(14-28-3)23(27)30-5/h7-9,14-16,19,22,25H,6,10-13H2,1-5H3/b17-14+/t15-,16+,19?,22?,24?/m1/s1. The number of anilines is 1. The highest BCUT2D eigenvalue weighted by molar-refractivity contribution is 5.88. The van der Waals surface area contributed by atoms with Crippen molar-refractivity contribution >= 4 is 11.7 Å². The van der Waals surface area contributed by atoms with E-state index in [0.717, 1.165) is 38.1 Å². The topological polar surface area (TPSA) is 60.0 Å². The molecule has 0 spiro atoms. The number of rotatable bonds is 5. The number of esters is 1. The predicted octanol–water partition coefficient (Wildman–Crippen LogP) is 3.57. The number of carbonyl (C=O) groups excluding carboxylic acids is 1. The second kappa shape index (κ2) is 8.14. The zero-order valence-corrected chi connectivity index (χ0v) is 18.7. The number of nitrogens with zero attached hydrogens (tertiary/aromatic N) is 1. The fourth-order valence-corrected chi connectivity index (χ4v) is 6.17. The number of ether oxygens (including phenoxy) is 3. The first-order valence-electron chi connectivity index (χ1n) is 11.0. The Morgan fingerprint density at radius 3 is 2.80 bits per heavy atom. The van der Waals surface area contributed by atoms with Crippen molar-refractivity contribution in [3.05, 3.63) is 35.6 Å². The summed E-state index contributed by atoms with van der Waals surface area (Å²) in [7, 11) is 4.79. The lowest BCUT2D eigenvalue weighted by molar-refractivity contribution is -0.137. The van der Waals surface area contributed by atoms with E-state index in [1.807, 2.05) is 0 Å². The van der Waals surface area contributed by atoms with E-state index >= 15 is 0 Å². The summed E-state index contributed by atoms with van der Waals surface area (Å²) in [6, 6.07) is 6.88. The molecule has 1 N–H and O–H groups in total. The summed E-state index contributed by atoms with van der Waals surface area (Å²) < 4.78 is 16.1. The summed E-state index contributed by atoms with van der Waals surface area (Å²) in [5.74, 6) is 1.21. The van der Waals surface area contributed by atoms with Gasteiger partial charge in [-0.2, -0.15) is 0 Å². The average molecular weight is 415 g/mol. The maximum Gasteiger partial charge on any atom is 0.337 e. The maximum atomic E-state index is 12.6. The Hall–Kier alpha value is -2.21. The predicted molar refractivity (Wildman–Crippen MR) is 117 cm³/mol. The first kappa shape index (κ1) is 21.0. The number of piperidine rings is 2. The molecule has 30 heavy (non-hydrogen) atoms. The molecule has 3 unspecified atom stereocenters. The lowest BCUT2D eigenvalue weighted by atomic mass is 9.65. The summed E-state index contributed by atoms with van der Waals surface area (Å²) in [5, 5.41) is 3.83. The van der Waals surface area contributed by atoms with Crippen LogP contribution in [0.1, 0.15) is 38.7 Å². The van der Waals surface area contributed by atoms with E-state index in [4.69, 9.17) is 14.2 Å². The van der Waals surface area contributed by atoms with Crippen molar-refractivity contribution in [3.63, 3.8) is 0 Å². The SMILES string of the molecule is CC[C@@H]1CN2CCC3(C)c4c(cccc4OC)NC3C2C[C@@H]1/C(=C\OC)C(=O)OC. The lowest BCUT2D eigenvalue weighted by Crippen LogP contribution is -2.63. The molecule has 0 saturated carbocycles. The molecule has 2 saturated heterocycles. The molecule has 1 aromatic rings. The van der Waals surface area contributed by atoms with E-state index in [1.54, 1.807) is 20.5 Å². The van der Waals surface area contributed by atoms with E-state index in [0.29, 0.717) is 17.5 Å². The van der Waals surface area contributed by atoms with Crippen LogP contribution in [0.4, 0.5) is 5.69 Å². The second-order valence-electron chi connectivity index (χ2n) is 9.05. The van der Waals surface area contributed by atoms with Crippen molar-refractivity contribution < 1.29 is 19.0 Å². The van der Waals surface area contributed by atoms with Gasteiger partial charge in [0.05, 0.1) is 39.2 Å². The van der Waals surface area contributed by atoms with Crippen LogP contribution in [0.2, 0.25) is 0 Å². The molecular weight excluding hydrogens is 380 g/mol. The van der Waals surface area contributed by atoms with E-state index in [1.165, 1.54) is 18.4 Å². The van der Waals surface area contributed by atoms with Crippen LogP contribution >= 0.6 is 0 Å². The summed E-state index contributed by atoms with van der Waals surface area (Å²) in [6.07, 6.45) is 4.62. The van der Waals surface area contributed by atoms with Gasteiger partial charge in [-0.1, -0.05) is 26.3 Å². The molecule has 0 amide bonds. The molecule has 3 heterocycles. The lowest BCUT2D eigenvalue weighted by Gasteiger charge is -2.54. The van der Waals surface area contributed by atoms with Crippen molar-refractivity contribution in [2.75, 3.05) is 39.7 Å². The highest BCUT2D eigenvalue weighted by Crippen LogP contribution is 2.54. The number of benzene rings is 1. The van der Waals surface area contributed by atoms with Crippen LogP contribution in [0.25, 0.3) is 0 Å². The van der Waals surface area contributed by atoms with Crippen LogP contribution in [0, 0.1) is 11.8 Å². The molecule has 2 fully saturated rings. The fourth-order valence-electron chi connectivity index (χ4n) is 6.17. The minimum atomic E-state index is -0.281. The Bertz CT molecular complexity index is 838. The first-order valence-corrected chi connectivity index (χ1v) is 11.0. The molecule has 3 aliphatic heterocycles. The van der Waals surface area contributed by atoms with E-state index in [-0.39, 0.29) is 23.3 Å². The van der Waals surface area contributed by atoms with E-state index in [2.05, 4.69) is 42.3 Å². The van der Waals surface area contributed by atoms with Crippen molar-refractivity contribution in [1.29, 1.82) is 0 Å². The smallest absolute Gasteiger partial charge is 0.337 e. The van der Waals surface area contributed by atoms with Crippen molar-refractivity contribution in [1.82, 2.24) is 4.90 Å². The molecule has 0 radical (unpaired) electrons. The van der Waals surface area contributed by atoms with Gasteiger partial charge in [-0.05, 0) is 43.4 Å². The van der Waals surface area contributed by atoms with Gasteiger partial charge in [0.25, 0.3) is 0 Å². The summed E-state index contributed by atoms with van der Waals surface area (Å²) >= 11 is 0. The molecule has 5 atom stereocenters. The molecule has 164 valence electrons. The third kappa shape index (κ3) is 3.16. The molecule has 0 aliphatic carbocycles. The van der Waals surface area contributed by atoms with Crippen LogP contribution in [-0.2, 0) is 19.7 Å². The number of hydrogen-bond acceptors (Lipinski definition) is 6. The van der Waals surface area contributed by atoms with Crippen molar-refractivity contribution in [2.24, 2.45) is 11.8 Å². The number of hydrogen-bond donors (Lipinski definition) is 1. The Kier molecular flexibility index (Phi) is 5.71. The highest BCUT2D eigenvalue weighted by Gasteiger charge is 2.55. The summed E-state index contributed by atoms with van der Waals surface area (Å²) in [6.45, 7) is 6.62. The van der Waals surface area contributed by atoms with Gasteiger partial charge in [0.15, 0.2) is 0 Å². The van der Waals surface area contributed by atoms with E-state index in [9.17, 15) is 4.79 Å². The van der Waals surface area contributed by atoms with Gasteiger partial charge in [0, 0.05) is 29.3 Å².